The first-order valence-corrected chi connectivity index (χ1v) is 5.84. The zero-order valence-electron chi connectivity index (χ0n) is 7.85. The summed E-state index contributed by atoms with van der Waals surface area (Å²) in [5.74, 6) is 0. The average molecular weight is 293 g/mol. The molecule has 0 aliphatic heterocycles. The Morgan fingerprint density at radius 1 is 0.750 bits per heavy atom. The third-order valence-electron chi connectivity index (χ3n) is 2.00. The standard InChI is InChI=1S/C11H5Cl4N/c12-7-2-9(14)11(10(15)3-7)6-1-8(13)5-16-4-6/h1-5H. The first-order chi connectivity index (χ1) is 7.58. The van der Waals surface area contributed by atoms with E-state index in [-0.39, 0.29) is 0 Å². The van der Waals surface area contributed by atoms with Crippen LogP contribution >= 0.6 is 46.4 Å². The second-order valence-electron chi connectivity index (χ2n) is 3.14. The highest BCUT2D eigenvalue weighted by Crippen LogP contribution is 2.37. The number of rotatable bonds is 1. The third kappa shape index (κ3) is 2.44. The second kappa shape index (κ2) is 4.80. The molecular weight excluding hydrogens is 288 g/mol. The molecule has 0 bridgehead atoms. The van der Waals surface area contributed by atoms with E-state index in [4.69, 9.17) is 46.4 Å². The Morgan fingerprint density at radius 3 is 1.94 bits per heavy atom. The van der Waals surface area contributed by atoms with Crippen LogP contribution in [0.1, 0.15) is 0 Å². The third-order valence-corrected chi connectivity index (χ3v) is 3.02. The van der Waals surface area contributed by atoms with E-state index in [1.807, 2.05) is 0 Å². The van der Waals surface area contributed by atoms with Crippen molar-refractivity contribution in [3.63, 3.8) is 0 Å². The predicted molar refractivity (Wildman–Crippen MR) is 69.7 cm³/mol. The summed E-state index contributed by atoms with van der Waals surface area (Å²) in [6.07, 6.45) is 3.19. The van der Waals surface area contributed by atoms with Crippen molar-refractivity contribution in [3.8, 4) is 11.1 Å². The summed E-state index contributed by atoms with van der Waals surface area (Å²) < 4.78 is 0. The lowest BCUT2D eigenvalue weighted by Gasteiger charge is -2.07. The van der Waals surface area contributed by atoms with Crippen LogP contribution in [0.2, 0.25) is 20.1 Å². The number of hydrogen-bond donors (Lipinski definition) is 0. The molecular formula is C11H5Cl4N. The van der Waals surface area contributed by atoms with Crippen LogP contribution in [0.25, 0.3) is 11.1 Å². The van der Waals surface area contributed by atoms with Crippen molar-refractivity contribution in [1.82, 2.24) is 4.98 Å². The van der Waals surface area contributed by atoms with Crippen LogP contribution in [0.4, 0.5) is 0 Å². The van der Waals surface area contributed by atoms with E-state index in [9.17, 15) is 0 Å². The lowest BCUT2D eigenvalue weighted by atomic mass is 10.1. The number of halogens is 4. The van der Waals surface area contributed by atoms with E-state index in [0.717, 1.165) is 5.56 Å². The SMILES string of the molecule is Clc1cncc(-c2c(Cl)cc(Cl)cc2Cl)c1. The van der Waals surface area contributed by atoms with Gasteiger partial charge in [0.2, 0.25) is 0 Å². The highest BCUT2D eigenvalue weighted by molar-refractivity contribution is 6.42. The molecule has 0 aliphatic rings. The van der Waals surface area contributed by atoms with Gasteiger partial charge in [0, 0.05) is 28.5 Å². The number of aromatic nitrogens is 1. The van der Waals surface area contributed by atoms with Gasteiger partial charge in [-0.05, 0) is 18.2 Å². The fraction of sp³-hybridized carbons (Fsp3) is 0. The molecule has 5 heteroatoms. The highest BCUT2D eigenvalue weighted by Gasteiger charge is 2.10. The Labute approximate surface area is 113 Å². The van der Waals surface area contributed by atoms with Crippen LogP contribution in [-0.4, -0.2) is 4.98 Å². The largest absolute Gasteiger partial charge is 0.263 e. The van der Waals surface area contributed by atoms with E-state index in [0.29, 0.717) is 25.7 Å². The molecule has 0 fully saturated rings. The van der Waals surface area contributed by atoms with Gasteiger partial charge in [-0.1, -0.05) is 46.4 Å². The fourth-order valence-electron chi connectivity index (χ4n) is 1.37. The Kier molecular flexibility index (Phi) is 3.60. The van der Waals surface area contributed by atoms with Crippen molar-refractivity contribution in [3.05, 3.63) is 50.7 Å². The van der Waals surface area contributed by atoms with Crippen LogP contribution in [0, 0.1) is 0 Å². The summed E-state index contributed by atoms with van der Waals surface area (Å²) in [6.45, 7) is 0. The van der Waals surface area contributed by atoms with Crippen molar-refractivity contribution in [2.75, 3.05) is 0 Å². The van der Waals surface area contributed by atoms with Gasteiger partial charge in [0.1, 0.15) is 0 Å². The lowest BCUT2D eigenvalue weighted by Crippen LogP contribution is -1.84. The van der Waals surface area contributed by atoms with Gasteiger partial charge >= 0.3 is 0 Å². The minimum absolute atomic E-state index is 0.474. The Bertz CT molecular complexity index is 516. The minimum Gasteiger partial charge on any atom is -0.263 e. The average Bonchev–Trinajstić information content (AvgIpc) is 2.15. The molecule has 1 nitrogen and oxygen atoms in total. The van der Waals surface area contributed by atoms with E-state index < -0.39 is 0 Å². The number of hydrogen-bond acceptors (Lipinski definition) is 1. The minimum atomic E-state index is 0.474. The van der Waals surface area contributed by atoms with Crippen molar-refractivity contribution in [1.29, 1.82) is 0 Å². The van der Waals surface area contributed by atoms with E-state index >= 15 is 0 Å². The topological polar surface area (TPSA) is 12.9 Å². The first kappa shape index (κ1) is 12.0. The molecule has 0 atom stereocenters. The molecule has 16 heavy (non-hydrogen) atoms. The van der Waals surface area contributed by atoms with Gasteiger partial charge in [0.15, 0.2) is 0 Å². The molecule has 2 aromatic rings. The van der Waals surface area contributed by atoms with Crippen LogP contribution < -0.4 is 0 Å². The zero-order chi connectivity index (χ0) is 11.7. The number of nitrogens with zero attached hydrogens (tertiary/aromatic N) is 1. The maximum Gasteiger partial charge on any atom is 0.0595 e. The van der Waals surface area contributed by atoms with Gasteiger partial charge in [0.25, 0.3) is 0 Å². The summed E-state index contributed by atoms with van der Waals surface area (Å²) in [4.78, 5) is 3.98. The van der Waals surface area contributed by atoms with Gasteiger partial charge in [-0.15, -0.1) is 0 Å². The molecule has 0 N–H and O–H groups in total. The molecule has 0 saturated heterocycles. The smallest absolute Gasteiger partial charge is 0.0595 e. The van der Waals surface area contributed by atoms with Gasteiger partial charge in [-0.3, -0.25) is 4.98 Å². The quantitative estimate of drug-likeness (QED) is 0.689. The molecule has 0 spiro atoms. The normalized spacial score (nSPS) is 10.5. The second-order valence-corrected chi connectivity index (χ2v) is 4.82. The molecule has 2 rings (SSSR count). The van der Waals surface area contributed by atoms with Gasteiger partial charge in [0.05, 0.1) is 15.1 Å². The first-order valence-electron chi connectivity index (χ1n) is 4.33. The van der Waals surface area contributed by atoms with E-state index in [1.165, 1.54) is 0 Å². The van der Waals surface area contributed by atoms with Crippen molar-refractivity contribution in [2.45, 2.75) is 0 Å². The zero-order valence-corrected chi connectivity index (χ0v) is 10.9. The summed E-state index contributed by atoms with van der Waals surface area (Å²) in [5, 5.41) is 1.97. The van der Waals surface area contributed by atoms with Crippen LogP contribution in [-0.2, 0) is 0 Å². The molecule has 82 valence electrons. The molecule has 1 aromatic heterocycles. The fourth-order valence-corrected chi connectivity index (χ4v) is 2.58. The molecule has 0 radical (unpaired) electrons. The molecule has 1 heterocycles. The van der Waals surface area contributed by atoms with E-state index in [1.54, 1.807) is 30.6 Å². The molecule has 0 saturated carbocycles. The molecule has 0 aliphatic carbocycles. The van der Waals surface area contributed by atoms with Gasteiger partial charge < -0.3 is 0 Å². The van der Waals surface area contributed by atoms with Gasteiger partial charge in [-0.25, -0.2) is 0 Å². The maximum atomic E-state index is 6.08. The molecule has 0 amide bonds. The van der Waals surface area contributed by atoms with Crippen molar-refractivity contribution >= 4 is 46.4 Å². The highest BCUT2D eigenvalue weighted by atomic mass is 35.5. The van der Waals surface area contributed by atoms with Crippen LogP contribution in [0.3, 0.4) is 0 Å². The van der Waals surface area contributed by atoms with Crippen LogP contribution in [0.15, 0.2) is 30.6 Å². The summed E-state index contributed by atoms with van der Waals surface area (Å²) in [5.41, 5.74) is 1.45. The van der Waals surface area contributed by atoms with Crippen molar-refractivity contribution < 1.29 is 0 Å². The number of pyridine rings is 1. The molecule has 1 aromatic carbocycles. The maximum absolute atomic E-state index is 6.08. The lowest BCUT2D eigenvalue weighted by molar-refractivity contribution is 1.33. The number of benzene rings is 1. The van der Waals surface area contributed by atoms with Crippen molar-refractivity contribution in [2.24, 2.45) is 0 Å². The Morgan fingerprint density at radius 2 is 1.38 bits per heavy atom. The van der Waals surface area contributed by atoms with Gasteiger partial charge in [-0.2, -0.15) is 0 Å². The Balaban J connectivity index is 2.64. The van der Waals surface area contributed by atoms with Crippen LogP contribution in [0.5, 0.6) is 0 Å². The summed E-state index contributed by atoms with van der Waals surface area (Å²) in [7, 11) is 0. The Hall–Kier alpha value is -0.470. The summed E-state index contributed by atoms with van der Waals surface area (Å²) >= 11 is 23.9. The van der Waals surface area contributed by atoms with E-state index in [2.05, 4.69) is 4.98 Å². The predicted octanol–water partition coefficient (Wildman–Crippen LogP) is 5.36. The monoisotopic (exact) mass is 291 g/mol. The summed E-state index contributed by atoms with van der Waals surface area (Å²) in [6, 6.07) is 5.01. The molecule has 0 unspecified atom stereocenters.